The quantitative estimate of drug-likeness (QED) is 0.671. The van der Waals surface area contributed by atoms with E-state index in [2.05, 4.69) is 23.8 Å². The number of piperidine rings is 1. The van der Waals surface area contributed by atoms with Gasteiger partial charge in [-0.15, -0.1) is 0 Å². The van der Waals surface area contributed by atoms with Crippen LogP contribution in [0.4, 0.5) is 17.3 Å². The van der Waals surface area contributed by atoms with Gasteiger partial charge in [-0.25, -0.2) is 9.97 Å². The van der Waals surface area contributed by atoms with Crippen molar-refractivity contribution in [1.82, 2.24) is 9.97 Å². The molecular formula is C13H21N5O2. The van der Waals surface area contributed by atoms with E-state index < -0.39 is 4.92 Å². The number of aromatic nitrogens is 2. The molecule has 7 heteroatoms. The van der Waals surface area contributed by atoms with Crippen LogP contribution in [-0.4, -0.2) is 28.0 Å². The summed E-state index contributed by atoms with van der Waals surface area (Å²) in [5.74, 6) is 0.283. The number of nitrogen functional groups attached to an aromatic ring is 1. The molecule has 1 fully saturated rings. The molecule has 0 unspecified atom stereocenters. The Labute approximate surface area is 118 Å². The molecule has 0 radical (unpaired) electrons. The molecule has 0 amide bonds. The third kappa shape index (κ3) is 2.52. The Morgan fingerprint density at radius 2 is 1.95 bits per heavy atom. The largest absolute Gasteiger partial charge is 0.378 e. The topological polar surface area (TPSA) is 98.2 Å². The zero-order valence-corrected chi connectivity index (χ0v) is 12.0. The molecule has 2 N–H and O–H groups in total. The number of nitrogens with zero attached hydrogens (tertiary/aromatic N) is 4. The van der Waals surface area contributed by atoms with Crippen molar-refractivity contribution in [2.45, 2.75) is 39.5 Å². The lowest BCUT2D eigenvalue weighted by Gasteiger charge is -2.41. The van der Waals surface area contributed by atoms with Crippen LogP contribution in [0.2, 0.25) is 0 Å². The summed E-state index contributed by atoms with van der Waals surface area (Å²) < 4.78 is 0. The maximum absolute atomic E-state index is 11.1. The van der Waals surface area contributed by atoms with Crippen LogP contribution >= 0.6 is 0 Å². The van der Waals surface area contributed by atoms with Crippen molar-refractivity contribution in [2.75, 3.05) is 23.7 Å². The van der Waals surface area contributed by atoms with Gasteiger partial charge in [0.05, 0.1) is 4.92 Å². The second-order valence-electron chi connectivity index (χ2n) is 5.38. The Hall–Kier alpha value is -1.92. The smallest absolute Gasteiger partial charge is 0.353 e. The van der Waals surface area contributed by atoms with Crippen LogP contribution in [0.15, 0.2) is 6.33 Å². The summed E-state index contributed by atoms with van der Waals surface area (Å²) in [4.78, 5) is 20.4. The van der Waals surface area contributed by atoms with Crippen LogP contribution in [0, 0.1) is 15.5 Å². The molecule has 1 aromatic rings. The van der Waals surface area contributed by atoms with Crippen molar-refractivity contribution in [3.63, 3.8) is 0 Å². The van der Waals surface area contributed by atoms with E-state index in [4.69, 9.17) is 5.73 Å². The predicted octanol–water partition coefficient (Wildman–Crippen LogP) is 2.37. The zero-order valence-electron chi connectivity index (χ0n) is 12.0. The summed E-state index contributed by atoms with van der Waals surface area (Å²) in [5.41, 5.74) is 5.81. The highest BCUT2D eigenvalue weighted by molar-refractivity contribution is 5.68. The van der Waals surface area contributed by atoms with Gasteiger partial charge in [0, 0.05) is 13.1 Å². The first-order valence-electron chi connectivity index (χ1n) is 7.03. The van der Waals surface area contributed by atoms with Crippen molar-refractivity contribution < 1.29 is 4.92 Å². The Kier molecular flexibility index (Phi) is 4.06. The monoisotopic (exact) mass is 279 g/mol. The van der Waals surface area contributed by atoms with Crippen LogP contribution in [-0.2, 0) is 0 Å². The molecule has 0 saturated carbocycles. The van der Waals surface area contributed by atoms with Gasteiger partial charge in [0.25, 0.3) is 0 Å². The summed E-state index contributed by atoms with van der Waals surface area (Å²) in [7, 11) is 0. The second-order valence-corrected chi connectivity index (χ2v) is 5.38. The van der Waals surface area contributed by atoms with Crippen molar-refractivity contribution in [3.8, 4) is 0 Å². The number of nitrogens with two attached hydrogens (primary N) is 1. The molecule has 1 saturated heterocycles. The lowest BCUT2D eigenvalue weighted by atomic mass is 9.74. The third-order valence-corrected chi connectivity index (χ3v) is 4.64. The molecule has 0 atom stereocenters. The van der Waals surface area contributed by atoms with Gasteiger partial charge in [-0.3, -0.25) is 10.1 Å². The lowest BCUT2D eigenvalue weighted by Crippen LogP contribution is -2.40. The van der Waals surface area contributed by atoms with Crippen molar-refractivity contribution in [2.24, 2.45) is 5.41 Å². The average molecular weight is 279 g/mol. The van der Waals surface area contributed by atoms with Gasteiger partial charge >= 0.3 is 5.69 Å². The molecule has 1 aliphatic heterocycles. The van der Waals surface area contributed by atoms with Crippen LogP contribution in [0.5, 0.6) is 0 Å². The fourth-order valence-electron chi connectivity index (χ4n) is 2.94. The van der Waals surface area contributed by atoms with Crippen LogP contribution in [0.3, 0.4) is 0 Å². The van der Waals surface area contributed by atoms with Crippen LogP contribution < -0.4 is 10.6 Å². The molecule has 1 aromatic heterocycles. The molecule has 2 heterocycles. The number of anilines is 2. The Morgan fingerprint density at radius 1 is 1.35 bits per heavy atom. The molecule has 2 rings (SSSR count). The minimum Gasteiger partial charge on any atom is -0.378 e. The summed E-state index contributed by atoms with van der Waals surface area (Å²) in [6.45, 7) is 5.98. The average Bonchev–Trinajstić information content (AvgIpc) is 2.46. The fraction of sp³-hybridized carbons (Fsp3) is 0.692. The van der Waals surface area contributed by atoms with E-state index in [9.17, 15) is 10.1 Å². The first kappa shape index (κ1) is 14.5. The molecular weight excluding hydrogens is 258 g/mol. The first-order valence-corrected chi connectivity index (χ1v) is 7.03. The maximum atomic E-state index is 11.1. The Balaban J connectivity index is 2.23. The predicted molar refractivity (Wildman–Crippen MR) is 77.6 cm³/mol. The van der Waals surface area contributed by atoms with Gasteiger partial charge in [0.1, 0.15) is 6.33 Å². The molecule has 7 nitrogen and oxygen atoms in total. The summed E-state index contributed by atoms with van der Waals surface area (Å²) in [5, 5.41) is 11.1. The van der Waals surface area contributed by atoms with E-state index in [1.54, 1.807) is 0 Å². The first-order chi connectivity index (χ1) is 9.53. The number of hydrogen-bond acceptors (Lipinski definition) is 6. The molecule has 110 valence electrons. The lowest BCUT2D eigenvalue weighted by molar-refractivity contribution is -0.383. The van der Waals surface area contributed by atoms with E-state index in [0.717, 1.165) is 38.8 Å². The summed E-state index contributed by atoms with van der Waals surface area (Å²) in [6.07, 6.45) is 5.64. The van der Waals surface area contributed by atoms with Gasteiger partial charge in [-0.05, 0) is 18.3 Å². The van der Waals surface area contributed by atoms with Crippen LogP contribution in [0.1, 0.15) is 39.5 Å². The van der Waals surface area contributed by atoms with E-state index in [0.29, 0.717) is 11.2 Å². The summed E-state index contributed by atoms with van der Waals surface area (Å²) in [6, 6.07) is 0. The zero-order chi connectivity index (χ0) is 14.8. The minimum absolute atomic E-state index is 0.0668. The number of hydrogen-bond donors (Lipinski definition) is 1. The van der Waals surface area contributed by atoms with E-state index in [-0.39, 0.29) is 11.5 Å². The van der Waals surface area contributed by atoms with Gasteiger partial charge < -0.3 is 10.6 Å². The van der Waals surface area contributed by atoms with Crippen molar-refractivity contribution >= 4 is 17.3 Å². The number of nitro groups is 1. The normalized spacial score (nSPS) is 18.0. The molecule has 0 spiro atoms. The third-order valence-electron chi connectivity index (χ3n) is 4.64. The molecule has 0 bridgehead atoms. The summed E-state index contributed by atoms with van der Waals surface area (Å²) >= 11 is 0. The maximum Gasteiger partial charge on any atom is 0.353 e. The molecule has 20 heavy (non-hydrogen) atoms. The van der Waals surface area contributed by atoms with Gasteiger partial charge in [0.2, 0.25) is 11.6 Å². The second kappa shape index (κ2) is 5.60. The van der Waals surface area contributed by atoms with Crippen molar-refractivity contribution in [3.05, 3.63) is 16.4 Å². The number of rotatable bonds is 4. The molecule has 0 aliphatic carbocycles. The van der Waals surface area contributed by atoms with Crippen molar-refractivity contribution in [1.29, 1.82) is 0 Å². The molecule has 1 aliphatic rings. The highest BCUT2D eigenvalue weighted by Crippen LogP contribution is 2.40. The van der Waals surface area contributed by atoms with Gasteiger partial charge in [0.15, 0.2) is 0 Å². The van der Waals surface area contributed by atoms with Gasteiger partial charge in [-0.2, -0.15) is 0 Å². The van der Waals surface area contributed by atoms with E-state index in [1.165, 1.54) is 6.33 Å². The van der Waals surface area contributed by atoms with E-state index in [1.807, 2.05) is 4.90 Å². The van der Waals surface area contributed by atoms with Gasteiger partial charge in [-0.1, -0.05) is 26.7 Å². The standard InChI is InChI=1S/C13H21N5O2/c1-3-13(4-2)5-7-17(8-6-13)12-10(18(19)20)11(14)15-9-16-12/h9H,3-8H2,1-2H3,(H2,14,15,16). The highest BCUT2D eigenvalue weighted by atomic mass is 16.6. The van der Waals surface area contributed by atoms with E-state index >= 15 is 0 Å². The Morgan fingerprint density at radius 3 is 2.45 bits per heavy atom. The SMILES string of the molecule is CCC1(CC)CCN(c2ncnc(N)c2[N+](=O)[O-])CC1. The fourth-order valence-corrected chi connectivity index (χ4v) is 2.94. The highest BCUT2D eigenvalue weighted by Gasteiger charge is 2.34. The Bertz CT molecular complexity index is 492. The molecule has 0 aromatic carbocycles. The minimum atomic E-state index is -0.494. The van der Waals surface area contributed by atoms with Crippen LogP contribution in [0.25, 0.3) is 0 Å².